The van der Waals surface area contributed by atoms with Gasteiger partial charge in [-0.1, -0.05) is 20.3 Å². The summed E-state index contributed by atoms with van der Waals surface area (Å²) in [7, 11) is 0. The van der Waals surface area contributed by atoms with E-state index in [9.17, 15) is 4.79 Å². The van der Waals surface area contributed by atoms with Gasteiger partial charge in [0.1, 0.15) is 6.04 Å². The molecule has 0 spiro atoms. The van der Waals surface area contributed by atoms with Gasteiger partial charge in [-0.3, -0.25) is 9.69 Å². The van der Waals surface area contributed by atoms with Gasteiger partial charge >= 0.3 is 5.97 Å². The Balaban J connectivity index is 2.47. The van der Waals surface area contributed by atoms with Crippen molar-refractivity contribution in [1.29, 1.82) is 0 Å². The number of esters is 1. The van der Waals surface area contributed by atoms with Crippen LogP contribution in [-0.4, -0.2) is 61.1 Å². The Hall–Kier alpha value is -0.610. The highest BCUT2D eigenvalue weighted by Crippen LogP contribution is 2.13. The number of carbonyl (C=O) groups excluding carboxylic acids is 1. The lowest BCUT2D eigenvalue weighted by molar-refractivity contribution is -0.150. The Kier molecular flexibility index (Phi) is 7.28. The van der Waals surface area contributed by atoms with Crippen LogP contribution in [0, 0.1) is 0 Å². The van der Waals surface area contributed by atoms with Crippen LogP contribution in [-0.2, 0) is 9.53 Å². The summed E-state index contributed by atoms with van der Waals surface area (Å²) >= 11 is 0. The molecule has 1 atom stereocenters. The zero-order chi connectivity index (χ0) is 13.4. The second-order valence-corrected chi connectivity index (χ2v) is 4.93. The van der Waals surface area contributed by atoms with Crippen LogP contribution < -0.4 is 0 Å². The summed E-state index contributed by atoms with van der Waals surface area (Å²) in [6.45, 7) is 12.0. The Morgan fingerprint density at radius 3 is 2.28 bits per heavy atom. The number of hydrogen-bond donors (Lipinski definition) is 0. The lowest BCUT2D eigenvalue weighted by Gasteiger charge is -2.38. The summed E-state index contributed by atoms with van der Waals surface area (Å²) in [4.78, 5) is 16.7. The molecular formula is C14H28N2O2. The van der Waals surface area contributed by atoms with Crippen molar-refractivity contribution in [2.24, 2.45) is 0 Å². The monoisotopic (exact) mass is 256 g/mol. The van der Waals surface area contributed by atoms with Crippen LogP contribution in [0.25, 0.3) is 0 Å². The normalized spacial score (nSPS) is 19.7. The topological polar surface area (TPSA) is 32.8 Å². The van der Waals surface area contributed by atoms with E-state index in [4.69, 9.17) is 4.74 Å². The largest absolute Gasteiger partial charge is 0.465 e. The Labute approximate surface area is 111 Å². The third-order valence-corrected chi connectivity index (χ3v) is 3.51. The molecule has 0 amide bonds. The highest BCUT2D eigenvalue weighted by Gasteiger charge is 2.28. The van der Waals surface area contributed by atoms with E-state index in [0.29, 0.717) is 6.61 Å². The van der Waals surface area contributed by atoms with E-state index in [-0.39, 0.29) is 12.0 Å². The summed E-state index contributed by atoms with van der Waals surface area (Å²) in [6.07, 6.45) is 3.14. The molecule has 0 saturated carbocycles. The molecule has 106 valence electrons. The molecule has 4 nitrogen and oxygen atoms in total. The smallest absolute Gasteiger partial charge is 0.323 e. The van der Waals surface area contributed by atoms with Gasteiger partial charge in [0.05, 0.1) is 6.61 Å². The standard InChI is InChI=1S/C14H28N2O2/c1-4-7-13(14(17)18-6-3)16-11-9-15(8-5-2)10-12-16/h13H,4-12H2,1-3H3. The first-order valence-corrected chi connectivity index (χ1v) is 7.35. The Bertz CT molecular complexity index is 238. The van der Waals surface area contributed by atoms with Crippen molar-refractivity contribution in [1.82, 2.24) is 9.80 Å². The molecule has 1 rings (SSSR count). The maximum atomic E-state index is 12.0. The van der Waals surface area contributed by atoms with Crippen LogP contribution in [0.3, 0.4) is 0 Å². The van der Waals surface area contributed by atoms with Crippen LogP contribution in [0.4, 0.5) is 0 Å². The summed E-state index contributed by atoms with van der Waals surface area (Å²) in [5, 5.41) is 0. The van der Waals surface area contributed by atoms with E-state index in [1.54, 1.807) is 0 Å². The molecule has 4 heteroatoms. The van der Waals surface area contributed by atoms with Crippen molar-refractivity contribution in [3.63, 3.8) is 0 Å². The SMILES string of the molecule is CCCC(C(=O)OCC)N1CCN(CCC)CC1. The fourth-order valence-electron chi connectivity index (χ4n) is 2.58. The van der Waals surface area contributed by atoms with Crippen LogP contribution in [0.2, 0.25) is 0 Å². The van der Waals surface area contributed by atoms with E-state index >= 15 is 0 Å². The molecule has 0 bridgehead atoms. The number of carbonyl (C=O) groups is 1. The average Bonchev–Trinajstić information content (AvgIpc) is 2.38. The van der Waals surface area contributed by atoms with Crippen LogP contribution >= 0.6 is 0 Å². The zero-order valence-electron chi connectivity index (χ0n) is 12.2. The molecule has 0 aliphatic carbocycles. The maximum Gasteiger partial charge on any atom is 0.323 e. The predicted octanol–water partition coefficient (Wildman–Crippen LogP) is 1.75. The van der Waals surface area contributed by atoms with E-state index in [2.05, 4.69) is 23.6 Å². The summed E-state index contributed by atoms with van der Waals surface area (Å²) in [5.41, 5.74) is 0. The van der Waals surface area contributed by atoms with Crippen molar-refractivity contribution in [2.45, 2.75) is 46.1 Å². The molecular weight excluding hydrogens is 228 g/mol. The van der Waals surface area contributed by atoms with Gasteiger partial charge in [0.2, 0.25) is 0 Å². The fourth-order valence-corrected chi connectivity index (χ4v) is 2.58. The lowest BCUT2D eigenvalue weighted by atomic mass is 10.1. The quantitative estimate of drug-likeness (QED) is 0.650. The molecule has 0 radical (unpaired) electrons. The summed E-state index contributed by atoms with van der Waals surface area (Å²) in [6, 6.07) is -0.0290. The molecule has 1 aliphatic rings. The van der Waals surface area contributed by atoms with Gasteiger partial charge in [-0.05, 0) is 26.3 Å². The van der Waals surface area contributed by atoms with Crippen molar-refractivity contribution < 1.29 is 9.53 Å². The predicted molar refractivity (Wildman–Crippen MR) is 73.6 cm³/mol. The van der Waals surface area contributed by atoms with Crippen molar-refractivity contribution >= 4 is 5.97 Å². The first-order chi connectivity index (χ1) is 8.72. The van der Waals surface area contributed by atoms with Gasteiger partial charge in [-0.25, -0.2) is 0 Å². The molecule has 0 aromatic rings. The van der Waals surface area contributed by atoms with E-state index < -0.39 is 0 Å². The number of rotatable bonds is 7. The molecule has 0 aromatic carbocycles. The van der Waals surface area contributed by atoms with Crippen molar-refractivity contribution in [2.75, 3.05) is 39.3 Å². The number of ether oxygens (including phenoxy) is 1. The molecule has 1 unspecified atom stereocenters. The van der Waals surface area contributed by atoms with Gasteiger partial charge < -0.3 is 9.64 Å². The molecule has 1 aliphatic heterocycles. The van der Waals surface area contributed by atoms with Gasteiger partial charge in [0.25, 0.3) is 0 Å². The van der Waals surface area contributed by atoms with Gasteiger partial charge in [0.15, 0.2) is 0 Å². The maximum absolute atomic E-state index is 12.0. The number of piperazine rings is 1. The van der Waals surface area contributed by atoms with Gasteiger partial charge in [-0.15, -0.1) is 0 Å². The molecule has 1 fully saturated rings. The molecule has 0 aromatic heterocycles. The minimum absolute atomic E-state index is 0.0290. The first kappa shape index (κ1) is 15.4. The fraction of sp³-hybridized carbons (Fsp3) is 0.929. The minimum atomic E-state index is -0.0386. The molecule has 18 heavy (non-hydrogen) atoms. The van der Waals surface area contributed by atoms with Crippen LogP contribution in [0.1, 0.15) is 40.0 Å². The number of nitrogens with zero attached hydrogens (tertiary/aromatic N) is 2. The molecule has 1 heterocycles. The van der Waals surface area contributed by atoms with Crippen LogP contribution in [0.15, 0.2) is 0 Å². The highest BCUT2D eigenvalue weighted by atomic mass is 16.5. The van der Waals surface area contributed by atoms with E-state index in [1.807, 2.05) is 6.92 Å². The Morgan fingerprint density at radius 2 is 1.78 bits per heavy atom. The molecule has 0 N–H and O–H groups in total. The van der Waals surface area contributed by atoms with Gasteiger partial charge in [-0.2, -0.15) is 0 Å². The lowest BCUT2D eigenvalue weighted by Crippen LogP contribution is -2.53. The van der Waals surface area contributed by atoms with Crippen molar-refractivity contribution in [3.8, 4) is 0 Å². The van der Waals surface area contributed by atoms with Crippen molar-refractivity contribution in [3.05, 3.63) is 0 Å². The van der Waals surface area contributed by atoms with E-state index in [0.717, 1.165) is 39.0 Å². The highest BCUT2D eigenvalue weighted by molar-refractivity contribution is 5.75. The summed E-state index contributed by atoms with van der Waals surface area (Å²) < 4.78 is 5.19. The third-order valence-electron chi connectivity index (χ3n) is 3.51. The first-order valence-electron chi connectivity index (χ1n) is 7.35. The Morgan fingerprint density at radius 1 is 1.11 bits per heavy atom. The zero-order valence-corrected chi connectivity index (χ0v) is 12.2. The third kappa shape index (κ3) is 4.58. The second kappa shape index (κ2) is 8.48. The van der Waals surface area contributed by atoms with Gasteiger partial charge in [0, 0.05) is 26.2 Å². The van der Waals surface area contributed by atoms with E-state index in [1.165, 1.54) is 13.0 Å². The minimum Gasteiger partial charge on any atom is -0.465 e. The van der Waals surface area contributed by atoms with Crippen LogP contribution in [0.5, 0.6) is 0 Å². The average molecular weight is 256 g/mol. The summed E-state index contributed by atoms with van der Waals surface area (Å²) in [5.74, 6) is -0.0386. The second-order valence-electron chi connectivity index (χ2n) is 4.93. The molecule has 1 saturated heterocycles. The number of hydrogen-bond acceptors (Lipinski definition) is 4.